The van der Waals surface area contributed by atoms with Gasteiger partial charge in [0.1, 0.15) is 0 Å². The second-order valence-electron chi connectivity index (χ2n) is 5.20. The fourth-order valence-electron chi connectivity index (χ4n) is 2.55. The van der Waals surface area contributed by atoms with E-state index in [4.69, 9.17) is 0 Å². The van der Waals surface area contributed by atoms with Crippen LogP contribution in [-0.2, 0) is 0 Å². The van der Waals surface area contributed by atoms with E-state index in [-0.39, 0.29) is 0 Å². The summed E-state index contributed by atoms with van der Waals surface area (Å²) < 4.78 is 0. The molecule has 0 aromatic heterocycles. The van der Waals surface area contributed by atoms with Crippen molar-refractivity contribution in [3.8, 4) is 0 Å². The predicted octanol–water partition coefficient (Wildman–Crippen LogP) is 1.47. The van der Waals surface area contributed by atoms with Crippen molar-refractivity contribution in [1.29, 1.82) is 0 Å². The zero-order chi connectivity index (χ0) is 9.31. The third-order valence-corrected chi connectivity index (χ3v) is 3.73. The predicted molar refractivity (Wildman–Crippen MR) is 55.9 cm³/mol. The summed E-state index contributed by atoms with van der Waals surface area (Å²) in [5.41, 5.74) is 0.549. The molecule has 76 valence electrons. The minimum Gasteiger partial charge on any atom is -0.316 e. The van der Waals surface area contributed by atoms with Gasteiger partial charge in [0.15, 0.2) is 0 Å². The van der Waals surface area contributed by atoms with Crippen LogP contribution >= 0.6 is 0 Å². The highest BCUT2D eigenvalue weighted by atomic mass is 15.2. The van der Waals surface area contributed by atoms with Gasteiger partial charge in [-0.15, -0.1) is 0 Å². The van der Waals surface area contributed by atoms with Gasteiger partial charge in [0.25, 0.3) is 0 Å². The Bertz CT molecular complexity index is 173. The van der Waals surface area contributed by atoms with Gasteiger partial charge >= 0.3 is 0 Å². The fraction of sp³-hybridized carbons (Fsp3) is 1.00. The standard InChI is InChI=1S/C11H22N2/c1-10-4-7-13(10)9-11(2)5-3-6-12-8-11/h10,12H,3-9H2,1-2H3. The maximum absolute atomic E-state index is 3.52. The van der Waals surface area contributed by atoms with E-state index in [1.54, 1.807) is 0 Å². The molecule has 0 amide bonds. The zero-order valence-electron chi connectivity index (χ0n) is 8.97. The number of nitrogens with zero attached hydrogens (tertiary/aromatic N) is 1. The molecule has 13 heavy (non-hydrogen) atoms. The third-order valence-electron chi connectivity index (χ3n) is 3.73. The lowest BCUT2D eigenvalue weighted by Crippen LogP contribution is -2.53. The first-order valence-corrected chi connectivity index (χ1v) is 5.64. The summed E-state index contributed by atoms with van der Waals surface area (Å²) >= 11 is 0. The molecule has 0 bridgehead atoms. The summed E-state index contributed by atoms with van der Waals surface area (Å²) in [6, 6.07) is 0.846. The van der Waals surface area contributed by atoms with Gasteiger partial charge in [-0.3, -0.25) is 4.90 Å². The van der Waals surface area contributed by atoms with Crippen molar-refractivity contribution in [2.45, 2.75) is 39.2 Å². The van der Waals surface area contributed by atoms with Gasteiger partial charge in [0.2, 0.25) is 0 Å². The molecular weight excluding hydrogens is 160 g/mol. The molecule has 0 saturated carbocycles. The largest absolute Gasteiger partial charge is 0.316 e. The monoisotopic (exact) mass is 182 g/mol. The van der Waals surface area contributed by atoms with E-state index in [2.05, 4.69) is 24.1 Å². The Labute approximate surface area is 81.7 Å². The molecule has 0 spiro atoms. The van der Waals surface area contributed by atoms with E-state index in [0.717, 1.165) is 6.04 Å². The van der Waals surface area contributed by atoms with E-state index in [1.807, 2.05) is 0 Å². The Balaban J connectivity index is 1.84. The second kappa shape index (κ2) is 3.58. The van der Waals surface area contributed by atoms with Crippen LogP contribution in [0.3, 0.4) is 0 Å². The first kappa shape index (κ1) is 9.47. The van der Waals surface area contributed by atoms with Crippen LogP contribution in [0.2, 0.25) is 0 Å². The first-order valence-electron chi connectivity index (χ1n) is 5.64. The fourth-order valence-corrected chi connectivity index (χ4v) is 2.55. The summed E-state index contributed by atoms with van der Waals surface area (Å²) in [5, 5.41) is 3.52. The molecule has 0 radical (unpaired) electrons. The molecule has 2 aliphatic rings. The lowest BCUT2D eigenvalue weighted by atomic mass is 9.81. The highest BCUT2D eigenvalue weighted by Gasteiger charge is 2.33. The van der Waals surface area contributed by atoms with Crippen molar-refractivity contribution >= 4 is 0 Å². The molecule has 2 saturated heterocycles. The first-order chi connectivity index (χ1) is 6.20. The number of nitrogens with one attached hydrogen (secondary N) is 1. The molecule has 0 aromatic carbocycles. The molecule has 0 aliphatic carbocycles. The van der Waals surface area contributed by atoms with Crippen LogP contribution in [0.25, 0.3) is 0 Å². The highest BCUT2D eigenvalue weighted by Crippen LogP contribution is 2.30. The van der Waals surface area contributed by atoms with Crippen LogP contribution in [-0.4, -0.2) is 37.1 Å². The van der Waals surface area contributed by atoms with Gasteiger partial charge in [0, 0.05) is 19.1 Å². The van der Waals surface area contributed by atoms with Gasteiger partial charge in [-0.1, -0.05) is 6.92 Å². The van der Waals surface area contributed by atoms with E-state index < -0.39 is 0 Å². The Kier molecular flexibility index (Phi) is 2.61. The van der Waals surface area contributed by atoms with Crippen molar-refractivity contribution < 1.29 is 0 Å². The van der Waals surface area contributed by atoms with Crippen LogP contribution in [0.15, 0.2) is 0 Å². The van der Waals surface area contributed by atoms with Gasteiger partial charge in [0.05, 0.1) is 0 Å². The third kappa shape index (κ3) is 2.05. The lowest BCUT2D eigenvalue weighted by molar-refractivity contribution is 0.0415. The Morgan fingerprint density at radius 1 is 1.54 bits per heavy atom. The number of hydrogen-bond acceptors (Lipinski definition) is 2. The Morgan fingerprint density at radius 3 is 2.85 bits per heavy atom. The van der Waals surface area contributed by atoms with E-state index in [0.29, 0.717) is 5.41 Å². The maximum Gasteiger partial charge on any atom is 0.00793 e. The molecule has 2 fully saturated rings. The number of piperidine rings is 1. The normalized spacial score (nSPS) is 41.5. The minimum absolute atomic E-state index is 0.549. The summed E-state index contributed by atoms with van der Waals surface area (Å²) in [5.74, 6) is 0. The van der Waals surface area contributed by atoms with Gasteiger partial charge in [-0.2, -0.15) is 0 Å². The SMILES string of the molecule is CC1CCN1CC1(C)CCCNC1. The average Bonchev–Trinajstić information content (AvgIpc) is 2.14. The van der Waals surface area contributed by atoms with Crippen LogP contribution < -0.4 is 5.32 Å². The van der Waals surface area contributed by atoms with Crippen molar-refractivity contribution in [1.82, 2.24) is 10.2 Å². The van der Waals surface area contributed by atoms with Crippen LogP contribution in [0.4, 0.5) is 0 Å². The van der Waals surface area contributed by atoms with Crippen LogP contribution in [0.1, 0.15) is 33.1 Å². The van der Waals surface area contributed by atoms with Gasteiger partial charge in [-0.05, 0) is 44.7 Å². The molecule has 2 atom stereocenters. The van der Waals surface area contributed by atoms with E-state index in [9.17, 15) is 0 Å². The summed E-state index contributed by atoms with van der Waals surface area (Å²) in [6.45, 7) is 9.87. The summed E-state index contributed by atoms with van der Waals surface area (Å²) in [7, 11) is 0. The molecule has 2 heteroatoms. The van der Waals surface area contributed by atoms with Crippen molar-refractivity contribution in [2.75, 3.05) is 26.2 Å². The lowest BCUT2D eigenvalue weighted by Gasteiger charge is -2.46. The molecule has 1 N–H and O–H groups in total. The van der Waals surface area contributed by atoms with Crippen molar-refractivity contribution in [3.63, 3.8) is 0 Å². The van der Waals surface area contributed by atoms with Crippen molar-refractivity contribution in [3.05, 3.63) is 0 Å². The van der Waals surface area contributed by atoms with E-state index in [1.165, 1.54) is 45.4 Å². The van der Waals surface area contributed by atoms with Crippen LogP contribution in [0.5, 0.6) is 0 Å². The molecule has 2 aliphatic heterocycles. The van der Waals surface area contributed by atoms with E-state index >= 15 is 0 Å². The minimum atomic E-state index is 0.549. The molecule has 2 heterocycles. The van der Waals surface area contributed by atoms with Gasteiger partial charge in [-0.25, -0.2) is 0 Å². The molecular formula is C11H22N2. The van der Waals surface area contributed by atoms with Gasteiger partial charge < -0.3 is 5.32 Å². The second-order valence-corrected chi connectivity index (χ2v) is 5.20. The van der Waals surface area contributed by atoms with Crippen LogP contribution in [0, 0.1) is 5.41 Å². The zero-order valence-corrected chi connectivity index (χ0v) is 8.97. The molecule has 0 aromatic rings. The summed E-state index contributed by atoms with van der Waals surface area (Å²) in [6.07, 6.45) is 4.17. The molecule has 2 rings (SSSR count). The smallest absolute Gasteiger partial charge is 0.00793 e. The quantitative estimate of drug-likeness (QED) is 0.695. The highest BCUT2D eigenvalue weighted by molar-refractivity contribution is 4.89. The number of hydrogen-bond donors (Lipinski definition) is 1. The maximum atomic E-state index is 3.52. The Hall–Kier alpha value is -0.0800. The average molecular weight is 182 g/mol. The number of rotatable bonds is 2. The number of likely N-dealkylation sites (tertiary alicyclic amines) is 1. The molecule has 2 unspecified atom stereocenters. The Morgan fingerprint density at radius 2 is 2.38 bits per heavy atom. The molecule has 2 nitrogen and oxygen atoms in total. The topological polar surface area (TPSA) is 15.3 Å². The summed E-state index contributed by atoms with van der Waals surface area (Å²) in [4.78, 5) is 2.63. The van der Waals surface area contributed by atoms with Crippen molar-refractivity contribution in [2.24, 2.45) is 5.41 Å².